The van der Waals surface area contributed by atoms with Crippen molar-refractivity contribution in [3.05, 3.63) is 16.1 Å². The van der Waals surface area contributed by atoms with Crippen LogP contribution in [-0.2, 0) is 0 Å². The molecule has 0 saturated carbocycles. The summed E-state index contributed by atoms with van der Waals surface area (Å²) in [7, 11) is 0. The summed E-state index contributed by atoms with van der Waals surface area (Å²) < 4.78 is 0. The smallest absolute Gasteiger partial charge is 0.270 e. The molecule has 2 heterocycles. The van der Waals surface area contributed by atoms with Crippen LogP contribution in [0.4, 0.5) is 0 Å². The summed E-state index contributed by atoms with van der Waals surface area (Å²) in [6.07, 6.45) is 2.01. The highest BCUT2D eigenvalue weighted by Crippen LogP contribution is 2.19. The third-order valence-corrected chi connectivity index (χ3v) is 4.07. The molecule has 0 unspecified atom stereocenters. The largest absolute Gasteiger partial charge is 0.348 e. The monoisotopic (exact) mass is 325 g/mol. The standard InChI is InChI=1S/C12H19N3OS.2ClH/c1-8(2)12-15-10(7-17-12)11(16)14-9-3-5-13-6-4-9;;/h7-9,13H,3-6H2,1-2H3,(H,14,16);2*1H. The number of carbonyl (C=O) groups is 1. The average Bonchev–Trinajstić information content (AvgIpc) is 2.79. The summed E-state index contributed by atoms with van der Waals surface area (Å²) in [5.41, 5.74) is 0.567. The number of nitrogens with zero attached hydrogens (tertiary/aromatic N) is 1. The van der Waals surface area contributed by atoms with Crippen molar-refractivity contribution in [1.29, 1.82) is 0 Å². The molecule has 1 fully saturated rings. The van der Waals surface area contributed by atoms with Crippen LogP contribution in [0.2, 0.25) is 0 Å². The predicted molar refractivity (Wildman–Crippen MR) is 84.1 cm³/mol. The van der Waals surface area contributed by atoms with Gasteiger partial charge in [-0.25, -0.2) is 4.98 Å². The van der Waals surface area contributed by atoms with Crippen molar-refractivity contribution in [2.24, 2.45) is 0 Å². The van der Waals surface area contributed by atoms with Crippen molar-refractivity contribution in [3.8, 4) is 0 Å². The van der Waals surface area contributed by atoms with Gasteiger partial charge in [0, 0.05) is 17.3 Å². The van der Waals surface area contributed by atoms with Gasteiger partial charge >= 0.3 is 0 Å². The Morgan fingerprint density at radius 1 is 1.42 bits per heavy atom. The Bertz CT molecular complexity index is 392. The van der Waals surface area contributed by atoms with Crippen molar-refractivity contribution in [1.82, 2.24) is 15.6 Å². The molecule has 1 aliphatic rings. The first kappa shape index (κ1) is 18.6. The number of piperidine rings is 1. The average molecular weight is 326 g/mol. The van der Waals surface area contributed by atoms with Gasteiger partial charge in [0.15, 0.2) is 0 Å². The fourth-order valence-corrected chi connectivity index (χ4v) is 2.70. The normalized spacial score (nSPS) is 15.5. The van der Waals surface area contributed by atoms with Crippen LogP contribution >= 0.6 is 36.2 Å². The first-order valence-electron chi connectivity index (χ1n) is 6.14. The Labute approximate surface area is 130 Å². The third-order valence-electron chi connectivity index (χ3n) is 2.92. The lowest BCUT2D eigenvalue weighted by Crippen LogP contribution is -2.42. The topological polar surface area (TPSA) is 54.0 Å². The van der Waals surface area contributed by atoms with E-state index in [4.69, 9.17) is 0 Å². The zero-order valence-electron chi connectivity index (χ0n) is 11.1. The van der Waals surface area contributed by atoms with E-state index >= 15 is 0 Å². The number of hydrogen-bond donors (Lipinski definition) is 2. The summed E-state index contributed by atoms with van der Waals surface area (Å²) in [6, 6.07) is 0.299. The number of amides is 1. The molecule has 1 aromatic rings. The van der Waals surface area contributed by atoms with Crippen molar-refractivity contribution < 1.29 is 4.79 Å². The molecule has 19 heavy (non-hydrogen) atoms. The van der Waals surface area contributed by atoms with Crippen molar-refractivity contribution in [2.75, 3.05) is 13.1 Å². The first-order valence-corrected chi connectivity index (χ1v) is 7.02. The fourth-order valence-electron chi connectivity index (χ4n) is 1.88. The summed E-state index contributed by atoms with van der Waals surface area (Å²) in [4.78, 5) is 16.3. The van der Waals surface area contributed by atoms with E-state index in [9.17, 15) is 4.79 Å². The van der Waals surface area contributed by atoms with Crippen LogP contribution in [-0.4, -0.2) is 30.0 Å². The minimum Gasteiger partial charge on any atom is -0.348 e. The second-order valence-electron chi connectivity index (χ2n) is 4.72. The van der Waals surface area contributed by atoms with E-state index < -0.39 is 0 Å². The molecule has 2 rings (SSSR count). The molecule has 1 aromatic heterocycles. The van der Waals surface area contributed by atoms with E-state index in [0.29, 0.717) is 17.7 Å². The molecule has 0 bridgehead atoms. The fraction of sp³-hybridized carbons (Fsp3) is 0.667. The van der Waals surface area contributed by atoms with E-state index in [1.165, 1.54) is 0 Å². The molecule has 4 nitrogen and oxygen atoms in total. The predicted octanol–water partition coefficient (Wildman–Crippen LogP) is 2.59. The molecule has 110 valence electrons. The first-order chi connectivity index (χ1) is 8.16. The Balaban J connectivity index is 0.00000162. The number of thiazole rings is 1. The van der Waals surface area contributed by atoms with Gasteiger partial charge in [0.1, 0.15) is 5.69 Å². The van der Waals surface area contributed by atoms with Crippen LogP contribution in [0.3, 0.4) is 0 Å². The molecule has 0 atom stereocenters. The third kappa shape index (κ3) is 5.26. The van der Waals surface area contributed by atoms with E-state index in [0.717, 1.165) is 30.9 Å². The van der Waals surface area contributed by atoms with Gasteiger partial charge in [0.05, 0.1) is 5.01 Å². The number of nitrogens with one attached hydrogen (secondary N) is 2. The van der Waals surface area contributed by atoms with Gasteiger partial charge in [-0.3, -0.25) is 4.79 Å². The summed E-state index contributed by atoms with van der Waals surface area (Å²) >= 11 is 1.56. The second-order valence-corrected chi connectivity index (χ2v) is 5.61. The maximum Gasteiger partial charge on any atom is 0.270 e. The van der Waals surface area contributed by atoms with Gasteiger partial charge in [-0.05, 0) is 25.9 Å². The van der Waals surface area contributed by atoms with Gasteiger partial charge in [-0.2, -0.15) is 0 Å². The quantitative estimate of drug-likeness (QED) is 0.898. The highest BCUT2D eigenvalue weighted by molar-refractivity contribution is 7.09. The van der Waals surface area contributed by atoms with Gasteiger partial charge in [-0.1, -0.05) is 13.8 Å². The Hall–Kier alpha value is -0.360. The molecule has 0 aliphatic carbocycles. The molecule has 2 N–H and O–H groups in total. The zero-order chi connectivity index (χ0) is 12.3. The van der Waals surface area contributed by atoms with Crippen molar-refractivity contribution in [3.63, 3.8) is 0 Å². The van der Waals surface area contributed by atoms with E-state index in [-0.39, 0.29) is 30.7 Å². The number of halogens is 2. The second kappa shape index (κ2) is 8.74. The molecular weight excluding hydrogens is 305 g/mol. The van der Waals surface area contributed by atoms with Gasteiger partial charge in [0.2, 0.25) is 0 Å². The van der Waals surface area contributed by atoms with Crippen LogP contribution in [0.5, 0.6) is 0 Å². The van der Waals surface area contributed by atoms with Gasteiger partial charge in [0.25, 0.3) is 5.91 Å². The number of aromatic nitrogens is 1. The zero-order valence-corrected chi connectivity index (χ0v) is 13.6. The SMILES string of the molecule is CC(C)c1nc(C(=O)NC2CCNCC2)cs1.Cl.Cl. The lowest BCUT2D eigenvalue weighted by atomic mass is 10.1. The summed E-state index contributed by atoms with van der Waals surface area (Å²) in [5, 5.41) is 9.22. The lowest BCUT2D eigenvalue weighted by Gasteiger charge is -2.23. The van der Waals surface area contributed by atoms with E-state index in [2.05, 4.69) is 29.5 Å². The van der Waals surface area contributed by atoms with Crippen LogP contribution in [0, 0.1) is 0 Å². The molecule has 0 radical (unpaired) electrons. The molecule has 1 saturated heterocycles. The Morgan fingerprint density at radius 2 is 2.05 bits per heavy atom. The lowest BCUT2D eigenvalue weighted by molar-refractivity contribution is 0.0925. The molecule has 0 spiro atoms. The highest BCUT2D eigenvalue weighted by atomic mass is 35.5. The van der Waals surface area contributed by atoms with Crippen molar-refractivity contribution in [2.45, 2.75) is 38.6 Å². The minimum atomic E-state index is -0.0277. The molecule has 0 aromatic carbocycles. The van der Waals surface area contributed by atoms with E-state index in [1.54, 1.807) is 11.3 Å². The molecule has 1 aliphatic heterocycles. The maximum atomic E-state index is 12.0. The summed E-state index contributed by atoms with van der Waals surface area (Å²) in [6.45, 7) is 6.15. The Morgan fingerprint density at radius 3 is 2.58 bits per heavy atom. The van der Waals surface area contributed by atoms with Crippen molar-refractivity contribution >= 4 is 42.1 Å². The van der Waals surface area contributed by atoms with Gasteiger partial charge < -0.3 is 10.6 Å². The molecule has 7 heteroatoms. The molecule has 1 amide bonds. The minimum absolute atomic E-state index is 0. The van der Waals surface area contributed by atoms with Crippen LogP contribution in [0.25, 0.3) is 0 Å². The number of carbonyl (C=O) groups excluding carboxylic acids is 1. The maximum absolute atomic E-state index is 12.0. The van der Waals surface area contributed by atoms with E-state index in [1.807, 2.05) is 5.38 Å². The molecular formula is C12H21Cl2N3OS. The number of rotatable bonds is 3. The highest BCUT2D eigenvalue weighted by Gasteiger charge is 2.18. The van der Waals surface area contributed by atoms with Crippen LogP contribution in [0.15, 0.2) is 5.38 Å². The van der Waals surface area contributed by atoms with Crippen LogP contribution in [0.1, 0.15) is 48.1 Å². The number of hydrogen-bond acceptors (Lipinski definition) is 4. The summed E-state index contributed by atoms with van der Waals surface area (Å²) in [5.74, 6) is 0.362. The van der Waals surface area contributed by atoms with Crippen LogP contribution < -0.4 is 10.6 Å². The Kier molecular flexibility index (Phi) is 8.57. The van der Waals surface area contributed by atoms with Gasteiger partial charge in [-0.15, -0.1) is 36.2 Å².